The number of thioether (sulfide) groups is 1. The molecule has 16 heavy (non-hydrogen) atoms. The molecule has 0 aliphatic carbocycles. The van der Waals surface area contributed by atoms with Crippen molar-refractivity contribution in [3.05, 3.63) is 41.8 Å². The Morgan fingerprint density at radius 2 is 2.06 bits per heavy atom. The van der Waals surface area contributed by atoms with Crippen molar-refractivity contribution in [3.8, 4) is 0 Å². The van der Waals surface area contributed by atoms with Crippen LogP contribution in [0.25, 0.3) is 0 Å². The summed E-state index contributed by atoms with van der Waals surface area (Å²) >= 11 is 1.65. The zero-order chi connectivity index (χ0) is 11.6. The van der Waals surface area contributed by atoms with Crippen LogP contribution in [0.15, 0.2) is 46.7 Å². The van der Waals surface area contributed by atoms with Gasteiger partial charge in [-0.05, 0) is 24.0 Å². The summed E-state index contributed by atoms with van der Waals surface area (Å²) in [6.45, 7) is 2.11. The van der Waals surface area contributed by atoms with Crippen molar-refractivity contribution in [1.29, 1.82) is 0 Å². The van der Waals surface area contributed by atoms with E-state index in [-0.39, 0.29) is 0 Å². The summed E-state index contributed by atoms with van der Waals surface area (Å²) < 4.78 is 0. The molecule has 1 rings (SSSR count). The van der Waals surface area contributed by atoms with Crippen LogP contribution in [0.2, 0.25) is 0 Å². The fourth-order valence-corrected chi connectivity index (χ4v) is 1.95. The highest BCUT2D eigenvalue weighted by Crippen LogP contribution is 2.18. The zero-order valence-corrected chi connectivity index (χ0v) is 10.5. The van der Waals surface area contributed by atoms with E-state index in [0.29, 0.717) is 12.2 Å². The smallest absolute Gasteiger partial charge is 0.136 e. The minimum atomic E-state index is 0.340. The van der Waals surface area contributed by atoms with Gasteiger partial charge in [-0.2, -0.15) is 0 Å². The van der Waals surface area contributed by atoms with Crippen molar-refractivity contribution in [3.63, 3.8) is 0 Å². The average molecular weight is 234 g/mol. The molecular weight excluding hydrogens is 216 g/mol. The lowest BCUT2D eigenvalue weighted by molar-refractivity contribution is -0.118. The Morgan fingerprint density at radius 1 is 1.31 bits per heavy atom. The van der Waals surface area contributed by atoms with Crippen LogP contribution in [-0.2, 0) is 4.79 Å². The molecule has 0 aliphatic heterocycles. The first-order valence-electron chi connectivity index (χ1n) is 5.71. The quantitative estimate of drug-likeness (QED) is 0.649. The summed E-state index contributed by atoms with van der Waals surface area (Å²) in [5, 5.41) is 2.00. The van der Waals surface area contributed by atoms with Gasteiger partial charge in [-0.25, -0.2) is 0 Å². The molecule has 0 fully saturated rings. The number of hydrogen-bond acceptors (Lipinski definition) is 2. The highest BCUT2D eigenvalue weighted by molar-refractivity contribution is 8.02. The molecule has 1 aromatic rings. The van der Waals surface area contributed by atoms with E-state index < -0.39 is 0 Å². The normalized spacial score (nSPS) is 10.8. The van der Waals surface area contributed by atoms with Crippen molar-refractivity contribution in [1.82, 2.24) is 0 Å². The molecule has 1 nitrogen and oxygen atoms in total. The highest BCUT2D eigenvalue weighted by Gasteiger charge is 1.97. The molecule has 0 heterocycles. The summed E-state index contributed by atoms with van der Waals surface area (Å²) in [6.07, 6.45) is 5.35. The predicted octanol–water partition coefficient (Wildman–Crippen LogP) is 4.44. The highest BCUT2D eigenvalue weighted by atomic mass is 32.2. The number of benzene rings is 1. The lowest BCUT2D eigenvalue weighted by atomic mass is 10.1. The van der Waals surface area contributed by atoms with E-state index in [2.05, 4.69) is 19.1 Å². The Bertz CT molecular complexity index is 330. The molecule has 0 saturated heterocycles. The van der Waals surface area contributed by atoms with Crippen molar-refractivity contribution in [2.24, 2.45) is 0 Å². The lowest BCUT2D eigenvalue weighted by Gasteiger charge is -1.95. The summed E-state index contributed by atoms with van der Waals surface area (Å²) in [7, 11) is 0. The van der Waals surface area contributed by atoms with Gasteiger partial charge in [0.2, 0.25) is 0 Å². The second kappa shape index (κ2) is 8.17. The predicted molar refractivity (Wildman–Crippen MR) is 70.6 cm³/mol. The number of ketones is 1. The first kappa shape index (κ1) is 13.0. The molecule has 0 aromatic heterocycles. The van der Waals surface area contributed by atoms with Gasteiger partial charge in [0.05, 0.1) is 0 Å². The van der Waals surface area contributed by atoms with Crippen LogP contribution in [0.5, 0.6) is 0 Å². The summed E-state index contributed by atoms with van der Waals surface area (Å²) in [5.74, 6) is 0.340. The molecule has 0 N–H and O–H groups in total. The maximum absolute atomic E-state index is 11.4. The van der Waals surface area contributed by atoms with Crippen molar-refractivity contribution < 1.29 is 4.79 Å². The molecule has 0 saturated carbocycles. The van der Waals surface area contributed by atoms with Gasteiger partial charge >= 0.3 is 0 Å². The van der Waals surface area contributed by atoms with Crippen LogP contribution in [-0.4, -0.2) is 5.78 Å². The SMILES string of the molecule is CCCCC(=O)C/C=C/Sc1ccccc1. The number of unbranched alkanes of at least 4 members (excludes halogenated alkanes) is 1. The number of hydrogen-bond donors (Lipinski definition) is 0. The van der Waals surface area contributed by atoms with Gasteiger partial charge in [-0.3, -0.25) is 4.79 Å². The number of carbonyl (C=O) groups excluding carboxylic acids is 1. The maximum atomic E-state index is 11.4. The van der Waals surface area contributed by atoms with Crippen LogP contribution in [0.1, 0.15) is 32.6 Å². The van der Waals surface area contributed by atoms with Gasteiger partial charge in [0.1, 0.15) is 5.78 Å². The maximum Gasteiger partial charge on any atom is 0.136 e. The van der Waals surface area contributed by atoms with Crippen LogP contribution >= 0.6 is 11.8 Å². The molecule has 0 unspecified atom stereocenters. The molecule has 86 valence electrons. The second-order valence-electron chi connectivity index (χ2n) is 3.65. The fourth-order valence-electron chi connectivity index (χ4n) is 1.28. The van der Waals surface area contributed by atoms with Gasteiger partial charge in [-0.1, -0.05) is 49.4 Å². The molecule has 0 radical (unpaired) electrons. The molecular formula is C14H18OS. The van der Waals surface area contributed by atoms with Gasteiger partial charge in [0, 0.05) is 17.7 Å². The van der Waals surface area contributed by atoms with E-state index in [9.17, 15) is 4.79 Å². The van der Waals surface area contributed by atoms with Crippen molar-refractivity contribution >= 4 is 17.5 Å². The van der Waals surface area contributed by atoms with Crippen molar-refractivity contribution in [2.45, 2.75) is 37.5 Å². The zero-order valence-electron chi connectivity index (χ0n) is 9.69. The first-order chi connectivity index (χ1) is 7.83. The second-order valence-corrected chi connectivity index (χ2v) is 4.63. The standard InChI is InChI=1S/C14H18OS/c1-2-3-8-13(15)9-7-12-16-14-10-5-4-6-11-14/h4-7,10-12H,2-3,8-9H2,1H3/b12-7+. The summed E-state index contributed by atoms with van der Waals surface area (Å²) in [5.41, 5.74) is 0. The Morgan fingerprint density at radius 3 is 2.75 bits per heavy atom. The Hall–Kier alpha value is -1.02. The molecule has 0 aliphatic rings. The average Bonchev–Trinajstić information content (AvgIpc) is 2.33. The van der Waals surface area contributed by atoms with Crippen LogP contribution in [0.3, 0.4) is 0 Å². The van der Waals surface area contributed by atoms with E-state index in [1.165, 1.54) is 4.90 Å². The minimum Gasteiger partial charge on any atom is -0.299 e. The Kier molecular flexibility index (Phi) is 6.66. The van der Waals surface area contributed by atoms with Gasteiger partial charge in [0.15, 0.2) is 0 Å². The monoisotopic (exact) mass is 234 g/mol. The molecule has 0 spiro atoms. The van der Waals surface area contributed by atoms with Crippen LogP contribution in [0.4, 0.5) is 0 Å². The minimum absolute atomic E-state index is 0.340. The third-order valence-corrected chi connectivity index (χ3v) is 3.07. The molecule has 2 heteroatoms. The van der Waals surface area contributed by atoms with E-state index in [4.69, 9.17) is 0 Å². The van der Waals surface area contributed by atoms with Crippen LogP contribution < -0.4 is 0 Å². The molecule has 0 amide bonds. The van der Waals surface area contributed by atoms with E-state index >= 15 is 0 Å². The number of rotatable bonds is 7. The number of allylic oxidation sites excluding steroid dienone is 1. The third-order valence-electron chi connectivity index (χ3n) is 2.20. The van der Waals surface area contributed by atoms with E-state index in [0.717, 1.165) is 19.3 Å². The largest absolute Gasteiger partial charge is 0.299 e. The number of carbonyl (C=O) groups is 1. The number of Topliss-reactive ketones (excluding diaryl/α,β-unsaturated/α-hetero) is 1. The molecule has 0 bridgehead atoms. The lowest BCUT2D eigenvalue weighted by Crippen LogP contribution is -1.94. The van der Waals surface area contributed by atoms with Gasteiger partial charge < -0.3 is 0 Å². The fraction of sp³-hybridized carbons (Fsp3) is 0.357. The summed E-state index contributed by atoms with van der Waals surface area (Å²) in [4.78, 5) is 12.6. The van der Waals surface area contributed by atoms with Gasteiger partial charge in [0.25, 0.3) is 0 Å². The third kappa shape index (κ3) is 5.76. The van der Waals surface area contributed by atoms with E-state index in [1.54, 1.807) is 11.8 Å². The topological polar surface area (TPSA) is 17.1 Å². The Balaban J connectivity index is 2.20. The summed E-state index contributed by atoms with van der Waals surface area (Å²) in [6, 6.07) is 10.2. The molecule has 0 atom stereocenters. The van der Waals surface area contributed by atoms with Gasteiger partial charge in [-0.15, -0.1) is 0 Å². The Labute approximate surface area is 102 Å². The first-order valence-corrected chi connectivity index (χ1v) is 6.59. The molecule has 1 aromatic carbocycles. The van der Waals surface area contributed by atoms with Crippen LogP contribution in [0, 0.1) is 0 Å². The van der Waals surface area contributed by atoms with Crippen molar-refractivity contribution in [2.75, 3.05) is 0 Å². The van der Waals surface area contributed by atoms with E-state index in [1.807, 2.05) is 29.7 Å².